The number of hydrogen-bond donors (Lipinski definition) is 0. The molecule has 0 atom stereocenters. The first-order chi connectivity index (χ1) is 30.7. The molecule has 0 spiro atoms. The van der Waals surface area contributed by atoms with Gasteiger partial charge in [0, 0.05) is 55.1 Å². The Kier molecular flexibility index (Phi) is 7.57. The molecule has 0 aliphatic carbocycles. The normalized spacial score (nSPS) is 11.9. The number of fused-ring (bicyclic) bond motifs is 10. The highest BCUT2D eigenvalue weighted by atomic mass is 16.3. The van der Waals surface area contributed by atoms with Crippen molar-refractivity contribution in [1.29, 1.82) is 0 Å². The van der Waals surface area contributed by atoms with Crippen molar-refractivity contribution in [3.63, 3.8) is 0 Å². The van der Waals surface area contributed by atoms with Gasteiger partial charge in [0.15, 0.2) is 0 Å². The van der Waals surface area contributed by atoms with Crippen LogP contribution < -0.4 is 4.90 Å². The number of benzene rings is 10. The summed E-state index contributed by atoms with van der Waals surface area (Å²) < 4.78 is 11.1. The maximum absolute atomic E-state index is 6.29. The summed E-state index contributed by atoms with van der Waals surface area (Å²) in [4.78, 5) is 2.46. The molecule has 0 saturated carbocycles. The SMILES string of the molecule is c1ccc(-c2cccc(N(c3ccc4c5ccccc5n(-c5ccc6oc7ccccc7c6c5)c4c3)c3cccc4c3c3ccccc3n4-c3ccc4ccccc4c3)c2)cc1. The lowest BCUT2D eigenvalue weighted by Gasteiger charge is -2.27. The first-order valence-corrected chi connectivity index (χ1v) is 21.2. The predicted molar refractivity (Wildman–Crippen MR) is 260 cm³/mol. The van der Waals surface area contributed by atoms with E-state index in [-0.39, 0.29) is 0 Å². The zero-order valence-corrected chi connectivity index (χ0v) is 33.6. The molecular formula is C58H37N3O. The highest BCUT2D eigenvalue weighted by Gasteiger charge is 2.23. The molecule has 0 aliphatic heterocycles. The van der Waals surface area contributed by atoms with Crippen molar-refractivity contribution in [2.24, 2.45) is 0 Å². The van der Waals surface area contributed by atoms with Crippen molar-refractivity contribution >= 4 is 93.4 Å². The zero-order valence-electron chi connectivity index (χ0n) is 33.6. The molecule has 13 rings (SSSR count). The van der Waals surface area contributed by atoms with Gasteiger partial charge in [-0.25, -0.2) is 0 Å². The number of hydrogen-bond acceptors (Lipinski definition) is 2. The summed E-state index contributed by atoms with van der Waals surface area (Å²) in [6, 6.07) is 81.2. The lowest BCUT2D eigenvalue weighted by molar-refractivity contribution is 0.669. The molecule has 0 amide bonds. The third-order valence-electron chi connectivity index (χ3n) is 12.7. The molecule has 0 aliphatic rings. The van der Waals surface area contributed by atoms with Gasteiger partial charge in [-0.3, -0.25) is 0 Å². The monoisotopic (exact) mass is 791 g/mol. The van der Waals surface area contributed by atoms with Gasteiger partial charge in [-0.2, -0.15) is 0 Å². The molecule has 3 heterocycles. The number of rotatable bonds is 6. The van der Waals surface area contributed by atoms with E-state index in [0.29, 0.717) is 0 Å². The van der Waals surface area contributed by atoms with Crippen LogP contribution in [0.3, 0.4) is 0 Å². The largest absolute Gasteiger partial charge is 0.456 e. The molecule has 0 unspecified atom stereocenters. The second-order valence-corrected chi connectivity index (χ2v) is 16.1. The number of para-hydroxylation sites is 3. The lowest BCUT2D eigenvalue weighted by atomic mass is 10.0. The molecule has 4 heteroatoms. The van der Waals surface area contributed by atoms with E-state index in [1.54, 1.807) is 0 Å². The first kappa shape index (κ1) is 34.5. The highest BCUT2D eigenvalue weighted by molar-refractivity contribution is 6.17. The fourth-order valence-corrected chi connectivity index (χ4v) is 9.89. The maximum Gasteiger partial charge on any atom is 0.135 e. The Morgan fingerprint density at radius 2 is 0.935 bits per heavy atom. The molecule has 4 nitrogen and oxygen atoms in total. The average molecular weight is 792 g/mol. The minimum atomic E-state index is 0.886. The van der Waals surface area contributed by atoms with Crippen LogP contribution in [0, 0.1) is 0 Å². The minimum absolute atomic E-state index is 0.886. The van der Waals surface area contributed by atoms with E-state index >= 15 is 0 Å². The van der Waals surface area contributed by atoms with E-state index in [2.05, 4.69) is 226 Å². The Bertz CT molecular complexity index is 3890. The van der Waals surface area contributed by atoms with Crippen LogP contribution in [0.4, 0.5) is 17.1 Å². The smallest absolute Gasteiger partial charge is 0.135 e. The van der Waals surface area contributed by atoms with Crippen LogP contribution in [0.25, 0.3) is 98.8 Å². The fraction of sp³-hybridized carbons (Fsp3) is 0. The molecule has 3 aromatic heterocycles. The zero-order chi connectivity index (χ0) is 40.7. The van der Waals surface area contributed by atoms with Gasteiger partial charge in [-0.15, -0.1) is 0 Å². The van der Waals surface area contributed by atoms with Crippen LogP contribution in [-0.4, -0.2) is 9.13 Å². The van der Waals surface area contributed by atoms with Crippen molar-refractivity contribution in [2.75, 3.05) is 4.90 Å². The fourth-order valence-electron chi connectivity index (χ4n) is 9.89. The van der Waals surface area contributed by atoms with Gasteiger partial charge in [-0.1, -0.05) is 140 Å². The molecule has 0 fully saturated rings. The van der Waals surface area contributed by atoms with Crippen LogP contribution in [0.2, 0.25) is 0 Å². The van der Waals surface area contributed by atoms with Crippen LogP contribution in [0.5, 0.6) is 0 Å². The van der Waals surface area contributed by atoms with Crippen LogP contribution >= 0.6 is 0 Å². The molecule has 62 heavy (non-hydrogen) atoms. The summed E-state index contributed by atoms with van der Waals surface area (Å²) in [5.41, 5.74) is 14.2. The minimum Gasteiger partial charge on any atom is -0.456 e. The van der Waals surface area contributed by atoms with E-state index in [4.69, 9.17) is 4.42 Å². The summed E-state index contributed by atoms with van der Waals surface area (Å²) in [5, 5.41) is 9.48. The molecule has 0 radical (unpaired) electrons. The summed E-state index contributed by atoms with van der Waals surface area (Å²) in [6.45, 7) is 0. The van der Waals surface area contributed by atoms with Crippen LogP contribution in [0.1, 0.15) is 0 Å². The van der Waals surface area contributed by atoms with Crippen molar-refractivity contribution in [2.45, 2.75) is 0 Å². The van der Waals surface area contributed by atoms with Crippen LogP contribution in [-0.2, 0) is 0 Å². The van der Waals surface area contributed by atoms with Gasteiger partial charge in [-0.05, 0) is 107 Å². The summed E-state index contributed by atoms with van der Waals surface area (Å²) in [5.74, 6) is 0. The third-order valence-corrected chi connectivity index (χ3v) is 12.7. The molecule has 10 aromatic carbocycles. The van der Waals surface area contributed by atoms with Gasteiger partial charge in [0.25, 0.3) is 0 Å². The summed E-state index contributed by atoms with van der Waals surface area (Å²) in [6.07, 6.45) is 0. The topological polar surface area (TPSA) is 26.2 Å². The van der Waals surface area contributed by atoms with Gasteiger partial charge >= 0.3 is 0 Å². The first-order valence-electron chi connectivity index (χ1n) is 21.2. The predicted octanol–water partition coefficient (Wildman–Crippen LogP) is 16.1. The van der Waals surface area contributed by atoms with Gasteiger partial charge in [0.1, 0.15) is 11.2 Å². The molecular weight excluding hydrogens is 755 g/mol. The number of aromatic nitrogens is 2. The average Bonchev–Trinajstić information content (AvgIpc) is 3.99. The second kappa shape index (κ2) is 13.6. The van der Waals surface area contributed by atoms with Crippen molar-refractivity contribution in [3.05, 3.63) is 224 Å². The Labute approximate surface area is 357 Å². The van der Waals surface area contributed by atoms with Crippen LogP contribution in [0.15, 0.2) is 229 Å². The van der Waals surface area contributed by atoms with Gasteiger partial charge in [0.2, 0.25) is 0 Å². The molecule has 0 N–H and O–H groups in total. The maximum atomic E-state index is 6.29. The quantitative estimate of drug-likeness (QED) is 0.168. The molecule has 0 saturated heterocycles. The third kappa shape index (κ3) is 5.27. The highest BCUT2D eigenvalue weighted by Crippen LogP contribution is 2.46. The van der Waals surface area contributed by atoms with Crippen molar-refractivity contribution in [3.8, 4) is 22.5 Å². The summed E-state index contributed by atoms with van der Waals surface area (Å²) in [7, 11) is 0. The Morgan fingerprint density at radius 1 is 0.323 bits per heavy atom. The van der Waals surface area contributed by atoms with E-state index in [0.717, 1.165) is 72.5 Å². The van der Waals surface area contributed by atoms with Gasteiger partial charge < -0.3 is 18.5 Å². The molecule has 0 bridgehead atoms. The molecule has 13 aromatic rings. The standard InChI is InChI=1S/C58H37N3O/c1-2-14-38(15-3-1)41-18-12-19-42(34-41)59(53-25-13-26-54-58(53)49-22-7-10-24-52(49)60(54)43-29-28-39-16-4-5-17-40(39)35-43)45-30-32-47-46-20-6-9-23-51(46)61(55(47)37-45)44-31-33-57-50(36-44)48-21-8-11-27-56(48)62-57/h1-37H. The Balaban J connectivity index is 1.09. The van der Waals surface area contributed by atoms with E-state index in [1.165, 1.54) is 43.4 Å². The van der Waals surface area contributed by atoms with E-state index < -0.39 is 0 Å². The molecule has 290 valence electrons. The van der Waals surface area contributed by atoms with Gasteiger partial charge in [0.05, 0.1) is 27.8 Å². The van der Waals surface area contributed by atoms with E-state index in [1.807, 2.05) is 12.1 Å². The second-order valence-electron chi connectivity index (χ2n) is 16.1. The van der Waals surface area contributed by atoms with E-state index in [9.17, 15) is 0 Å². The number of anilines is 3. The number of nitrogens with zero attached hydrogens (tertiary/aromatic N) is 3. The number of furan rings is 1. The van der Waals surface area contributed by atoms with Crippen molar-refractivity contribution in [1.82, 2.24) is 9.13 Å². The lowest BCUT2D eigenvalue weighted by Crippen LogP contribution is -2.11. The Morgan fingerprint density at radius 3 is 1.82 bits per heavy atom. The summed E-state index contributed by atoms with van der Waals surface area (Å²) >= 11 is 0. The Hall–Kier alpha value is -8.34. The van der Waals surface area contributed by atoms with Crippen molar-refractivity contribution < 1.29 is 4.42 Å².